The molecule has 4 rings (SSSR count). The fraction of sp³-hybridized carbons (Fsp3) is 0.581. The summed E-state index contributed by atoms with van der Waals surface area (Å²) in [5.41, 5.74) is -1.52. The molecule has 2 bridgehead atoms. The summed E-state index contributed by atoms with van der Waals surface area (Å²) in [6.07, 6.45) is 5.27. The van der Waals surface area contributed by atoms with E-state index in [0.29, 0.717) is 37.1 Å². The molecule has 1 N–H and O–H groups in total. The zero-order chi connectivity index (χ0) is 29.2. The number of carbonyl (C=O) groups is 3. The van der Waals surface area contributed by atoms with Gasteiger partial charge in [0.1, 0.15) is 29.9 Å². The highest BCUT2D eigenvalue weighted by Crippen LogP contribution is 2.65. The molecule has 9 heteroatoms. The quantitative estimate of drug-likeness (QED) is 0.294. The molecule has 0 aromatic heterocycles. The Morgan fingerprint density at radius 2 is 1.93 bits per heavy atom. The largest absolute Gasteiger partial charge is 0.497 e. The Balaban J connectivity index is 1.86. The summed E-state index contributed by atoms with van der Waals surface area (Å²) >= 11 is 0. The summed E-state index contributed by atoms with van der Waals surface area (Å²) in [6.45, 7) is 13.3. The van der Waals surface area contributed by atoms with Gasteiger partial charge in [0.2, 0.25) is 5.91 Å². The summed E-state index contributed by atoms with van der Waals surface area (Å²) in [5, 5.41) is 10.5. The van der Waals surface area contributed by atoms with Crippen LogP contribution in [0.4, 0.5) is 5.69 Å². The number of aliphatic hydroxyl groups excluding tert-OH is 1. The average Bonchev–Trinajstić information content (AvgIpc) is 3.58. The number of carbonyl (C=O) groups excluding carboxylic acids is 3. The smallest absolute Gasteiger partial charge is 0.313 e. The maximum Gasteiger partial charge on any atom is 0.313 e. The van der Waals surface area contributed by atoms with E-state index in [9.17, 15) is 19.5 Å². The van der Waals surface area contributed by atoms with Gasteiger partial charge < -0.3 is 29.1 Å². The fourth-order valence-electron chi connectivity index (χ4n) is 7.06. The van der Waals surface area contributed by atoms with E-state index in [2.05, 4.69) is 13.2 Å². The Labute approximate surface area is 236 Å². The number of anilines is 1. The molecule has 3 aliphatic rings. The van der Waals surface area contributed by atoms with Crippen LogP contribution in [0.3, 0.4) is 0 Å². The van der Waals surface area contributed by atoms with Crippen molar-refractivity contribution in [2.45, 2.75) is 69.7 Å². The Hall–Kier alpha value is -3.17. The first-order valence-corrected chi connectivity index (χ1v) is 14.2. The van der Waals surface area contributed by atoms with Crippen molar-refractivity contribution in [3.63, 3.8) is 0 Å². The van der Waals surface area contributed by atoms with E-state index < -0.39 is 41.1 Å². The van der Waals surface area contributed by atoms with Crippen molar-refractivity contribution in [1.82, 2.24) is 4.90 Å². The minimum atomic E-state index is -1.23. The maximum absolute atomic E-state index is 14.7. The highest BCUT2D eigenvalue weighted by atomic mass is 16.6. The van der Waals surface area contributed by atoms with Gasteiger partial charge in [-0.15, -0.1) is 6.58 Å². The molecule has 1 aromatic carbocycles. The van der Waals surface area contributed by atoms with Gasteiger partial charge in [0, 0.05) is 12.2 Å². The second kappa shape index (κ2) is 11.7. The number of fused-ring (bicyclic) bond motifs is 1. The summed E-state index contributed by atoms with van der Waals surface area (Å²) in [5.74, 6) is -2.41. The van der Waals surface area contributed by atoms with Crippen molar-refractivity contribution in [3.8, 4) is 5.75 Å². The van der Waals surface area contributed by atoms with Crippen LogP contribution >= 0.6 is 0 Å². The molecule has 3 fully saturated rings. The molecule has 0 radical (unpaired) electrons. The second-order valence-electron chi connectivity index (χ2n) is 11.1. The summed E-state index contributed by atoms with van der Waals surface area (Å²) < 4.78 is 17.6. The summed E-state index contributed by atoms with van der Waals surface area (Å²) in [6, 6.07) is 5.43. The van der Waals surface area contributed by atoms with Crippen LogP contribution in [0, 0.1) is 17.8 Å². The van der Waals surface area contributed by atoms with Gasteiger partial charge in [-0.3, -0.25) is 14.4 Å². The number of nitrogens with zero attached hydrogens (tertiary/aromatic N) is 2. The second-order valence-corrected chi connectivity index (χ2v) is 11.1. The predicted molar refractivity (Wildman–Crippen MR) is 151 cm³/mol. The third-order valence-electron chi connectivity index (χ3n) is 9.26. The molecule has 3 saturated heterocycles. The first kappa shape index (κ1) is 29.8. The molecule has 3 heterocycles. The molecule has 0 aliphatic carbocycles. The van der Waals surface area contributed by atoms with E-state index in [1.807, 2.05) is 20.8 Å². The monoisotopic (exact) mass is 554 g/mol. The van der Waals surface area contributed by atoms with Gasteiger partial charge in [0.15, 0.2) is 0 Å². The minimum absolute atomic E-state index is 0.0197. The number of amides is 2. The van der Waals surface area contributed by atoms with E-state index in [1.165, 1.54) is 11.0 Å². The number of hydrogen-bond donors (Lipinski definition) is 1. The van der Waals surface area contributed by atoms with E-state index in [-0.39, 0.29) is 37.5 Å². The number of hydrogen-bond acceptors (Lipinski definition) is 7. The van der Waals surface area contributed by atoms with Gasteiger partial charge in [-0.25, -0.2) is 0 Å². The number of ether oxygens (including phenoxy) is 3. The standard InChI is InChI=1S/C31H42N2O7/c1-7-17-32(21-11-13-22(38-6)14-12-21)28(36)26-31-16-15-30(10-4,40-31)25(29(37)39-18-8-2)24(31)27(35)33(26)23(19-34)20(5)9-3/h7-8,11-14,20,23-26,34H,1-2,9-10,15-19H2,3-6H3/t20-,23-,24-,25-,26?,30+,31?/m0/s1. The number of benzene rings is 1. The van der Waals surface area contributed by atoms with Gasteiger partial charge in [0.25, 0.3) is 5.91 Å². The third kappa shape index (κ3) is 4.53. The van der Waals surface area contributed by atoms with Gasteiger partial charge in [-0.1, -0.05) is 45.9 Å². The van der Waals surface area contributed by atoms with Crippen molar-refractivity contribution in [1.29, 1.82) is 0 Å². The molecule has 1 aromatic rings. The van der Waals surface area contributed by atoms with E-state index >= 15 is 0 Å². The van der Waals surface area contributed by atoms with Crippen molar-refractivity contribution >= 4 is 23.5 Å². The lowest BCUT2D eigenvalue weighted by Crippen LogP contribution is -2.60. The van der Waals surface area contributed by atoms with Gasteiger partial charge >= 0.3 is 5.97 Å². The van der Waals surface area contributed by atoms with Gasteiger partial charge in [0.05, 0.1) is 31.3 Å². The molecule has 40 heavy (non-hydrogen) atoms. The van der Waals surface area contributed by atoms with Gasteiger partial charge in [-0.05, 0) is 49.4 Å². The Bertz CT molecular complexity index is 1140. The molecule has 218 valence electrons. The van der Waals surface area contributed by atoms with Crippen LogP contribution in [-0.4, -0.2) is 77.9 Å². The van der Waals surface area contributed by atoms with E-state index in [1.54, 1.807) is 42.4 Å². The summed E-state index contributed by atoms with van der Waals surface area (Å²) in [4.78, 5) is 45.8. The minimum Gasteiger partial charge on any atom is -0.497 e. The summed E-state index contributed by atoms with van der Waals surface area (Å²) in [7, 11) is 1.57. The molecular formula is C31H42N2O7. The molecule has 7 atom stereocenters. The maximum atomic E-state index is 14.7. The van der Waals surface area contributed by atoms with E-state index in [4.69, 9.17) is 14.2 Å². The lowest BCUT2D eigenvalue weighted by Gasteiger charge is -2.41. The fourth-order valence-corrected chi connectivity index (χ4v) is 7.06. The first-order chi connectivity index (χ1) is 19.2. The van der Waals surface area contributed by atoms with Crippen LogP contribution in [0.1, 0.15) is 46.5 Å². The normalized spacial score (nSPS) is 30.0. The molecule has 2 unspecified atom stereocenters. The molecule has 9 nitrogen and oxygen atoms in total. The Kier molecular flexibility index (Phi) is 8.75. The number of likely N-dealkylation sites (tertiary alicyclic amines) is 1. The van der Waals surface area contributed by atoms with Crippen molar-refractivity contribution in [2.75, 3.05) is 31.8 Å². The van der Waals surface area contributed by atoms with E-state index in [0.717, 1.165) is 0 Å². The van der Waals surface area contributed by atoms with Crippen LogP contribution < -0.4 is 9.64 Å². The molecule has 2 amide bonds. The Morgan fingerprint density at radius 3 is 2.48 bits per heavy atom. The SMILES string of the molecule is C=CCOC(=O)[C@@H]1[C@H]2C(=O)N([C@@H](CO)[C@@H](C)CC)C(C(=O)N(CC=C)c3ccc(OC)cc3)C23CC[C@@]1(CC)O3. The van der Waals surface area contributed by atoms with Crippen molar-refractivity contribution in [3.05, 3.63) is 49.6 Å². The highest BCUT2D eigenvalue weighted by Gasteiger charge is 2.79. The lowest BCUT2D eigenvalue weighted by molar-refractivity contribution is -0.161. The first-order valence-electron chi connectivity index (χ1n) is 14.2. The number of esters is 1. The molecule has 0 saturated carbocycles. The third-order valence-corrected chi connectivity index (χ3v) is 9.26. The zero-order valence-corrected chi connectivity index (χ0v) is 24.0. The molecule has 3 aliphatic heterocycles. The van der Waals surface area contributed by atoms with Crippen molar-refractivity contribution < 1.29 is 33.7 Å². The topological polar surface area (TPSA) is 106 Å². The average molecular weight is 555 g/mol. The number of aliphatic hydroxyl groups is 1. The van der Waals surface area contributed by atoms with Crippen LogP contribution in [-0.2, 0) is 23.9 Å². The molecule has 1 spiro atoms. The lowest BCUT2D eigenvalue weighted by atomic mass is 9.65. The Morgan fingerprint density at radius 1 is 1.23 bits per heavy atom. The van der Waals surface area contributed by atoms with Crippen molar-refractivity contribution in [2.24, 2.45) is 17.8 Å². The van der Waals surface area contributed by atoms with Gasteiger partial charge in [-0.2, -0.15) is 0 Å². The predicted octanol–water partition coefficient (Wildman–Crippen LogP) is 3.51. The number of rotatable bonds is 13. The number of methoxy groups -OCH3 is 1. The van der Waals surface area contributed by atoms with Crippen LogP contribution in [0.2, 0.25) is 0 Å². The molecular weight excluding hydrogens is 512 g/mol. The van der Waals surface area contributed by atoms with Crippen LogP contribution in [0.15, 0.2) is 49.6 Å². The highest BCUT2D eigenvalue weighted by molar-refractivity contribution is 6.05. The van der Waals surface area contributed by atoms with Crippen LogP contribution in [0.25, 0.3) is 0 Å². The zero-order valence-electron chi connectivity index (χ0n) is 24.0. The van der Waals surface area contributed by atoms with Crippen LogP contribution in [0.5, 0.6) is 5.75 Å².